The number of hydrogen-bond donors (Lipinski definition) is 0. The third kappa shape index (κ3) is 3.37. The van der Waals surface area contributed by atoms with Crippen LogP contribution in [0.5, 0.6) is 0 Å². The van der Waals surface area contributed by atoms with Crippen LogP contribution in [0.2, 0.25) is 0 Å². The van der Waals surface area contributed by atoms with E-state index in [-0.39, 0.29) is 0 Å². The number of anilines is 1. The zero-order valence-electron chi connectivity index (χ0n) is 13.5. The van der Waals surface area contributed by atoms with Crippen LogP contribution in [0.3, 0.4) is 0 Å². The maximum Gasteiger partial charge on any atom is 0.169 e. The SMILES string of the molecule is C#CCCN1CCN(c2nnc(CC)c(CC)c2C#N)CC1. The largest absolute Gasteiger partial charge is 0.351 e. The zero-order valence-corrected chi connectivity index (χ0v) is 13.5. The first-order valence-corrected chi connectivity index (χ1v) is 7.94. The van der Waals surface area contributed by atoms with Crippen molar-refractivity contribution in [3.63, 3.8) is 0 Å². The molecule has 22 heavy (non-hydrogen) atoms. The molecule has 0 radical (unpaired) electrons. The minimum absolute atomic E-state index is 0.700. The molecule has 1 fully saturated rings. The Labute approximate surface area is 132 Å². The third-order valence-corrected chi connectivity index (χ3v) is 4.18. The predicted octanol–water partition coefficient (Wildman–Crippen LogP) is 1.62. The van der Waals surface area contributed by atoms with Gasteiger partial charge in [-0.2, -0.15) is 10.4 Å². The summed E-state index contributed by atoms with van der Waals surface area (Å²) in [5, 5.41) is 18.3. The normalized spacial score (nSPS) is 15.4. The molecule has 5 heteroatoms. The lowest BCUT2D eigenvalue weighted by molar-refractivity contribution is 0.263. The summed E-state index contributed by atoms with van der Waals surface area (Å²) in [6.45, 7) is 8.68. The van der Waals surface area contributed by atoms with Crippen molar-refractivity contribution in [1.82, 2.24) is 15.1 Å². The number of nitriles is 1. The molecule has 2 rings (SSSR count). The van der Waals surface area contributed by atoms with Crippen molar-refractivity contribution < 1.29 is 0 Å². The standard InChI is InChI=1S/C17H23N5/c1-4-7-8-21-9-11-22(12-10-21)17-15(13-18)14(5-2)16(6-3)19-20-17/h1H,5-12H2,2-3H3. The maximum absolute atomic E-state index is 9.57. The molecule has 0 bridgehead atoms. The lowest BCUT2D eigenvalue weighted by atomic mass is 10.0. The molecular formula is C17H23N5. The van der Waals surface area contributed by atoms with E-state index < -0.39 is 0 Å². The summed E-state index contributed by atoms with van der Waals surface area (Å²) in [6.07, 6.45) is 7.73. The molecule has 0 aromatic carbocycles. The first-order chi connectivity index (χ1) is 10.7. The number of aromatic nitrogens is 2. The molecule has 0 spiro atoms. The summed E-state index contributed by atoms with van der Waals surface area (Å²) >= 11 is 0. The Balaban J connectivity index is 2.17. The summed E-state index contributed by atoms with van der Waals surface area (Å²) in [5.74, 6) is 3.43. The molecule has 1 aliphatic heterocycles. The van der Waals surface area contributed by atoms with Crippen molar-refractivity contribution in [3.05, 3.63) is 16.8 Å². The van der Waals surface area contributed by atoms with E-state index in [0.717, 1.165) is 69.1 Å². The second kappa shape index (κ2) is 7.77. The average molecular weight is 297 g/mol. The topological polar surface area (TPSA) is 56.1 Å². The minimum atomic E-state index is 0.700. The lowest BCUT2D eigenvalue weighted by Gasteiger charge is -2.35. The number of nitrogens with zero attached hydrogens (tertiary/aromatic N) is 5. The van der Waals surface area contributed by atoms with Crippen molar-refractivity contribution in [3.8, 4) is 18.4 Å². The number of aryl methyl sites for hydroxylation is 1. The van der Waals surface area contributed by atoms with Crippen molar-refractivity contribution in [2.24, 2.45) is 0 Å². The van der Waals surface area contributed by atoms with Gasteiger partial charge in [0.05, 0.1) is 5.69 Å². The van der Waals surface area contributed by atoms with E-state index in [1.165, 1.54) is 0 Å². The van der Waals surface area contributed by atoms with Crippen LogP contribution in [0.25, 0.3) is 0 Å². The van der Waals surface area contributed by atoms with Gasteiger partial charge in [0.15, 0.2) is 5.82 Å². The molecule has 1 aromatic rings. The fraction of sp³-hybridized carbons (Fsp3) is 0.588. The average Bonchev–Trinajstić information content (AvgIpc) is 2.58. The second-order valence-electron chi connectivity index (χ2n) is 5.43. The maximum atomic E-state index is 9.57. The predicted molar refractivity (Wildman–Crippen MR) is 87.6 cm³/mol. The molecule has 1 aliphatic rings. The van der Waals surface area contributed by atoms with Crippen LogP contribution in [0.15, 0.2) is 0 Å². The van der Waals surface area contributed by atoms with Gasteiger partial charge in [-0.05, 0) is 18.4 Å². The van der Waals surface area contributed by atoms with E-state index >= 15 is 0 Å². The molecule has 1 saturated heterocycles. The van der Waals surface area contributed by atoms with E-state index in [2.05, 4.69) is 38.9 Å². The smallest absolute Gasteiger partial charge is 0.169 e. The van der Waals surface area contributed by atoms with Gasteiger partial charge in [0.25, 0.3) is 0 Å². The molecule has 2 heterocycles. The van der Waals surface area contributed by atoms with Crippen molar-refractivity contribution >= 4 is 5.82 Å². The Morgan fingerprint density at radius 2 is 1.86 bits per heavy atom. The Hall–Kier alpha value is -2.11. The molecule has 0 aliphatic carbocycles. The molecule has 0 atom stereocenters. The van der Waals surface area contributed by atoms with Gasteiger partial charge >= 0.3 is 0 Å². The molecule has 0 unspecified atom stereocenters. The number of terminal acetylenes is 1. The molecular weight excluding hydrogens is 274 g/mol. The van der Waals surface area contributed by atoms with Gasteiger partial charge in [0, 0.05) is 39.1 Å². The van der Waals surface area contributed by atoms with E-state index in [1.54, 1.807) is 0 Å². The Morgan fingerprint density at radius 1 is 1.14 bits per heavy atom. The van der Waals surface area contributed by atoms with Crippen LogP contribution < -0.4 is 4.90 Å². The first-order valence-electron chi connectivity index (χ1n) is 7.94. The zero-order chi connectivity index (χ0) is 15.9. The highest BCUT2D eigenvalue weighted by Gasteiger charge is 2.23. The second-order valence-corrected chi connectivity index (χ2v) is 5.43. The number of hydrogen-bond acceptors (Lipinski definition) is 5. The van der Waals surface area contributed by atoms with Gasteiger partial charge in [-0.15, -0.1) is 17.4 Å². The molecule has 0 N–H and O–H groups in total. The van der Waals surface area contributed by atoms with E-state index in [9.17, 15) is 5.26 Å². The Morgan fingerprint density at radius 3 is 2.41 bits per heavy atom. The van der Waals surface area contributed by atoms with Crippen molar-refractivity contribution in [2.45, 2.75) is 33.1 Å². The van der Waals surface area contributed by atoms with Crippen LogP contribution in [-0.2, 0) is 12.8 Å². The highest BCUT2D eigenvalue weighted by atomic mass is 15.3. The monoisotopic (exact) mass is 297 g/mol. The molecule has 0 saturated carbocycles. The van der Waals surface area contributed by atoms with Crippen LogP contribution in [0, 0.1) is 23.7 Å². The van der Waals surface area contributed by atoms with Gasteiger partial charge in [-0.1, -0.05) is 13.8 Å². The van der Waals surface area contributed by atoms with E-state index in [0.29, 0.717) is 5.56 Å². The van der Waals surface area contributed by atoms with Gasteiger partial charge < -0.3 is 4.90 Å². The van der Waals surface area contributed by atoms with Crippen molar-refractivity contribution in [1.29, 1.82) is 5.26 Å². The summed E-state index contributed by atoms with van der Waals surface area (Å²) in [5.41, 5.74) is 2.69. The summed E-state index contributed by atoms with van der Waals surface area (Å²) in [6, 6.07) is 2.35. The van der Waals surface area contributed by atoms with Gasteiger partial charge in [0.2, 0.25) is 0 Å². The highest BCUT2D eigenvalue weighted by Crippen LogP contribution is 2.24. The van der Waals surface area contributed by atoms with Crippen LogP contribution >= 0.6 is 0 Å². The van der Waals surface area contributed by atoms with Gasteiger partial charge in [0.1, 0.15) is 11.6 Å². The molecule has 1 aromatic heterocycles. The lowest BCUT2D eigenvalue weighted by Crippen LogP contribution is -2.47. The van der Waals surface area contributed by atoms with Crippen LogP contribution in [0.1, 0.15) is 37.1 Å². The molecule has 116 valence electrons. The van der Waals surface area contributed by atoms with Crippen LogP contribution in [-0.4, -0.2) is 47.8 Å². The summed E-state index contributed by atoms with van der Waals surface area (Å²) < 4.78 is 0. The van der Waals surface area contributed by atoms with Crippen LogP contribution in [0.4, 0.5) is 5.82 Å². The fourth-order valence-corrected chi connectivity index (χ4v) is 2.91. The first kappa shape index (κ1) is 16.3. The molecule has 0 amide bonds. The third-order valence-electron chi connectivity index (χ3n) is 4.18. The minimum Gasteiger partial charge on any atom is -0.351 e. The fourth-order valence-electron chi connectivity index (χ4n) is 2.91. The quantitative estimate of drug-likeness (QED) is 0.773. The Bertz CT molecular complexity index is 588. The number of rotatable bonds is 5. The van der Waals surface area contributed by atoms with Gasteiger partial charge in [-0.3, -0.25) is 4.90 Å². The Kier molecular flexibility index (Phi) is 5.75. The summed E-state index contributed by atoms with van der Waals surface area (Å²) in [7, 11) is 0. The number of piperazine rings is 1. The van der Waals surface area contributed by atoms with E-state index in [4.69, 9.17) is 6.42 Å². The van der Waals surface area contributed by atoms with Crippen molar-refractivity contribution in [2.75, 3.05) is 37.6 Å². The van der Waals surface area contributed by atoms with Gasteiger partial charge in [-0.25, -0.2) is 0 Å². The van der Waals surface area contributed by atoms with E-state index in [1.807, 2.05) is 6.92 Å². The highest BCUT2D eigenvalue weighted by molar-refractivity contribution is 5.58. The summed E-state index contributed by atoms with van der Waals surface area (Å²) in [4.78, 5) is 4.54. The molecule has 5 nitrogen and oxygen atoms in total.